The lowest BCUT2D eigenvalue weighted by Gasteiger charge is -2.71. The van der Waals surface area contributed by atoms with Gasteiger partial charge < -0.3 is 14.6 Å². The van der Waals surface area contributed by atoms with E-state index in [4.69, 9.17) is 9.47 Å². The van der Waals surface area contributed by atoms with Crippen molar-refractivity contribution in [3.05, 3.63) is 11.6 Å². The monoisotopic (exact) mass is 612 g/mol. The van der Waals surface area contributed by atoms with Crippen molar-refractivity contribution in [1.82, 2.24) is 0 Å². The zero-order chi connectivity index (χ0) is 32.7. The molecule has 248 valence electrons. The molecule has 0 bridgehead atoms. The first-order valence-corrected chi connectivity index (χ1v) is 17.4. The molecule has 0 aromatic heterocycles. The molecule has 5 rings (SSSR count). The van der Waals surface area contributed by atoms with Crippen LogP contribution in [0.15, 0.2) is 11.6 Å². The van der Waals surface area contributed by atoms with E-state index in [0.29, 0.717) is 11.8 Å². The van der Waals surface area contributed by atoms with Gasteiger partial charge in [0, 0.05) is 5.41 Å². The molecule has 6 nitrogen and oxygen atoms in total. The Bertz CT molecular complexity index is 1230. The molecule has 0 aromatic carbocycles. The van der Waals surface area contributed by atoms with Gasteiger partial charge in [-0.2, -0.15) is 0 Å². The number of methoxy groups -OCH3 is 1. The summed E-state index contributed by atoms with van der Waals surface area (Å²) in [6, 6.07) is 0. The number of ether oxygens (including phenoxy) is 2. The van der Waals surface area contributed by atoms with Gasteiger partial charge in [-0.05, 0) is 109 Å². The normalized spacial score (nSPS) is 42.4. The van der Waals surface area contributed by atoms with Gasteiger partial charge in [0.15, 0.2) is 0 Å². The molecule has 8 atom stereocenters. The Hall–Kier alpha value is -1.85. The Morgan fingerprint density at radius 1 is 0.886 bits per heavy atom. The molecular formula is C38H60O6. The highest BCUT2D eigenvalue weighted by Gasteiger charge is 2.69. The topological polar surface area (TPSA) is 89.9 Å². The van der Waals surface area contributed by atoms with Crippen LogP contribution in [0.2, 0.25) is 0 Å². The van der Waals surface area contributed by atoms with E-state index in [2.05, 4.69) is 54.5 Å². The van der Waals surface area contributed by atoms with E-state index in [0.717, 1.165) is 64.2 Å². The molecule has 4 saturated carbocycles. The molecule has 0 spiro atoms. The summed E-state index contributed by atoms with van der Waals surface area (Å²) in [5.74, 6) is 0.0405. The molecular weight excluding hydrogens is 552 g/mol. The second-order valence-corrected chi connectivity index (χ2v) is 18.6. The van der Waals surface area contributed by atoms with E-state index in [1.54, 1.807) is 12.7 Å². The summed E-state index contributed by atoms with van der Waals surface area (Å²) in [5.41, 5.74) is 0.864. The van der Waals surface area contributed by atoms with Gasteiger partial charge in [0.2, 0.25) is 0 Å². The van der Waals surface area contributed by atoms with Gasteiger partial charge in [-0.25, -0.2) is 0 Å². The highest BCUT2D eigenvalue weighted by Crippen LogP contribution is 2.76. The first kappa shape index (κ1) is 33.5. The number of hydrogen-bond acceptors (Lipinski definition) is 5. The lowest BCUT2D eigenvalue weighted by atomic mass is 9.33. The Morgan fingerprint density at radius 2 is 1.55 bits per heavy atom. The molecule has 4 fully saturated rings. The number of carboxylic acids is 1. The summed E-state index contributed by atoms with van der Waals surface area (Å²) in [6.07, 6.45) is 12.6. The van der Waals surface area contributed by atoms with Crippen LogP contribution in [0.1, 0.15) is 139 Å². The van der Waals surface area contributed by atoms with Gasteiger partial charge in [-0.1, -0.05) is 74.0 Å². The summed E-state index contributed by atoms with van der Waals surface area (Å²) >= 11 is 0. The van der Waals surface area contributed by atoms with Crippen LogP contribution in [0.4, 0.5) is 0 Å². The van der Waals surface area contributed by atoms with Gasteiger partial charge in [0.25, 0.3) is 0 Å². The van der Waals surface area contributed by atoms with Gasteiger partial charge in [0.05, 0.1) is 25.4 Å². The molecule has 3 unspecified atom stereocenters. The number of carbonyl (C=O) groups is 3. The first-order valence-electron chi connectivity index (χ1n) is 17.4. The van der Waals surface area contributed by atoms with Gasteiger partial charge in [-0.15, -0.1) is 0 Å². The minimum Gasteiger partial charge on any atom is -0.481 e. The van der Waals surface area contributed by atoms with Crippen LogP contribution in [-0.2, 0) is 23.9 Å². The SMILES string of the molecule is COC(=O)[C@]12CCC(C)(C)CC1C1=CCC3[C@@]4(C)CC[C@H](OC(=O)CC(C)(C)CC(=O)O)C(C)(C)C4CC[C@@]3(C)[C@]1(C)CC2. The predicted molar refractivity (Wildman–Crippen MR) is 172 cm³/mol. The zero-order valence-corrected chi connectivity index (χ0v) is 29.4. The Balaban J connectivity index is 1.43. The highest BCUT2D eigenvalue weighted by atomic mass is 16.5. The van der Waals surface area contributed by atoms with E-state index < -0.39 is 11.4 Å². The Morgan fingerprint density at radius 3 is 2.18 bits per heavy atom. The minimum absolute atomic E-state index is 0.00450. The van der Waals surface area contributed by atoms with Crippen LogP contribution in [0.3, 0.4) is 0 Å². The number of aliphatic carboxylic acids is 1. The molecule has 0 amide bonds. The van der Waals surface area contributed by atoms with E-state index in [-0.39, 0.29) is 69.3 Å². The van der Waals surface area contributed by atoms with E-state index in [1.807, 2.05) is 13.8 Å². The van der Waals surface area contributed by atoms with Crippen molar-refractivity contribution in [2.24, 2.45) is 55.7 Å². The van der Waals surface area contributed by atoms with Gasteiger partial charge in [0.1, 0.15) is 6.10 Å². The van der Waals surface area contributed by atoms with Gasteiger partial charge in [-0.3, -0.25) is 14.4 Å². The quantitative estimate of drug-likeness (QED) is 0.238. The summed E-state index contributed by atoms with van der Waals surface area (Å²) in [4.78, 5) is 37.9. The molecule has 0 heterocycles. The number of allylic oxidation sites excluding steroid dienone is 2. The van der Waals surface area contributed by atoms with Crippen LogP contribution < -0.4 is 0 Å². The van der Waals surface area contributed by atoms with Crippen molar-refractivity contribution >= 4 is 17.9 Å². The number of fused-ring (bicyclic) bond motifs is 7. The highest BCUT2D eigenvalue weighted by molar-refractivity contribution is 5.78. The van der Waals surface area contributed by atoms with E-state index >= 15 is 0 Å². The maximum absolute atomic E-state index is 13.5. The third-order valence-corrected chi connectivity index (χ3v) is 14.7. The number of esters is 2. The predicted octanol–water partition coefficient (Wildman–Crippen LogP) is 8.76. The second kappa shape index (κ2) is 10.6. The molecule has 1 N–H and O–H groups in total. The standard InChI is InChI=1S/C38H60O6/c1-32(2)17-19-38(31(42)43-10)20-18-36(8)24(25(38)21-32)11-12-27-35(7)15-14-28(34(5,6)26(35)13-16-37(27,36)9)44-30(41)23-33(3,4)22-29(39)40/h11,25-28H,12-23H2,1-10H3,(H,39,40)/t25?,26?,27?,28-,35-,36+,37+,38-/m0/s1. The average Bonchev–Trinajstić information content (AvgIpc) is 2.89. The van der Waals surface area contributed by atoms with Crippen LogP contribution in [-0.4, -0.2) is 36.2 Å². The summed E-state index contributed by atoms with van der Waals surface area (Å²) in [5, 5.41) is 9.28. The minimum atomic E-state index is -0.888. The Kier molecular flexibility index (Phi) is 8.06. The maximum Gasteiger partial charge on any atom is 0.312 e. The third kappa shape index (κ3) is 4.98. The van der Waals surface area contributed by atoms with E-state index in [1.165, 1.54) is 0 Å². The lowest BCUT2D eigenvalue weighted by molar-refractivity contribution is -0.214. The third-order valence-electron chi connectivity index (χ3n) is 14.7. The molecule has 0 radical (unpaired) electrons. The van der Waals surface area contributed by atoms with Crippen LogP contribution in [0.5, 0.6) is 0 Å². The van der Waals surface area contributed by atoms with Gasteiger partial charge >= 0.3 is 17.9 Å². The van der Waals surface area contributed by atoms with Crippen molar-refractivity contribution in [2.75, 3.05) is 7.11 Å². The Labute approximate surface area is 266 Å². The number of carboxylic acid groups (broad SMARTS) is 1. The fourth-order valence-electron chi connectivity index (χ4n) is 12.1. The summed E-state index contributed by atoms with van der Waals surface area (Å²) in [7, 11) is 1.57. The molecule has 0 aromatic rings. The van der Waals surface area contributed by atoms with E-state index in [9.17, 15) is 19.5 Å². The lowest BCUT2D eigenvalue weighted by Crippen LogP contribution is -2.65. The molecule has 0 saturated heterocycles. The average molecular weight is 613 g/mol. The van der Waals surface area contributed by atoms with Crippen molar-refractivity contribution < 1.29 is 29.0 Å². The van der Waals surface area contributed by atoms with Crippen LogP contribution in [0, 0.1) is 55.7 Å². The molecule has 44 heavy (non-hydrogen) atoms. The van der Waals surface area contributed by atoms with Crippen LogP contribution >= 0.6 is 0 Å². The first-order chi connectivity index (χ1) is 20.2. The van der Waals surface area contributed by atoms with Crippen molar-refractivity contribution in [3.8, 4) is 0 Å². The molecule has 6 heteroatoms. The largest absolute Gasteiger partial charge is 0.481 e. The summed E-state index contributed by atoms with van der Waals surface area (Å²) in [6.45, 7) is 20.7. The second-order valence-electron chi connectivity index (χ2n) is 18.6. The van der Waals surface area contributed by atoms with Crippen LogP contribution in [0.25, 0.3) is 0 Å². The summed E-state index contributed by atoms with van der Waals surface area (Å²) < 4.78 is 11.7. The molecule has 5 aliphatic carbocycles. The smallest absolute Gasteiger partial charge is 0.312 e. The zero-order valence-electron chi connectivity index (χ0n) is 29.4. The van der Waals surface area contributed by atoms with Crippen molar-refractivity contribution in [3.63, 3.8) is 0 Å². The van der Waals surface area contributed by atoms with Crippen molar-refractivity contribution in [1.29, 1.82) is 0 Å². The molecule has 5 aliphatic rings. The number of hydrogen-bond donors (Lipinski definition) is 1. The van der Waals surface area contributed by atoms with Crippen molar-refractivity contribution in [2.45, 2.75) is 145 Å². The number of carbonyl (C=O) groups excluding carboxylic acids is 2. The molecule has 0 aliphatic heterocycles. The number of rotatable bonds is 6. The fourth-order valence-corrected chi connectivity index (χ4v) is 12.1. The maximum atomic E-state index is 13.5. The fraction of sp³-hybridized carbons (Fsp3) is 0.868.